The maximum absolute atomic E-state index is 6.12. The monoisotopic (exact) mass is 186 g/mol. The zero-order valence-electron chi connectivity index (χ0n) is 8.57. The highest BCUT2D eigenvalue weighted by molar-refractivity contribution is 6.74. The van der Waals surface area contributed by atoms with Gasteiger partial charge in [-0.3, -0.25) is 0 Å². The first-order valence-electron chi connectivity index (χ1n) is 5.47. The molecule has 1 saturated heterocycles. The van der Waals surface area contributed by atoms with Crippen molar-refractivity contribution in [2.24, 2.45) is 0 Å². The smallest absolute Gasteiger partial charge is 0.192 e. The third kappa shape index (κ3) is 2.59. The minimum Gasteiger partial charge on any atom is -0.417 e. The molecule has 0 aromatic carbocycles. The average Bonchev–Trinajstić information content (AvgIpc) is 2.55. The van der Waals surface area contributed by atoms with Crippen molar-refractivity contribution in [1.82, 2.24) is 0 Å². The predicted molar refractivity (Wildman–Crippen MR) is 55.9 cm³/mol. The van der Waals surface area contributed by atoms with Crippen LogP contribution in [0.5, 0.6) is 0 Å². The first kappa shape index (κ1) is 10.3. The van der Waals surface area contributed by atoms with Gasteiger partial charge in [-0.25, -0.2) is 0 Å². The second-order valence-corrected chi connectivity index (χ2v) is 8.31. The standard InChI is InChI=1S/C10H22OSi/c1-3-5-8-11-12(4-2)9-6-7-10-12/h3-10H2,1-2H3. The van der Waals surface area contributed by atoms with Gasteiger partial charge in [-0.15, -0.1) is 0 Å². The molecule has 1 nitrogen and oxygen atoms in total. The van der Waals surface area contributed by atoms with Crippen LogP contribution in [0, 0.1) is 0 Å². The lowest BCUT2D eigenvalue weighted by molar-refractivity contribution is 0.294. The lowest BCUT2D eigenvalue weighted by atomic mass is 10.4. The fourth-order valence-corrected chi connectivity index (χ4v) is 5.87. The summed E-state index contributed by atoms with van der Waals surface area (Å²) in [5.74, 6) is 0. The van der Waals surface area contributed by atoms with E-state index in [9.17, 15) is 0 Å². The molecule has 1 heterocycles. The number of rotatable bonds is 5. The molecule has 0 aromatic rings. The lowest BCUT2D eigenvalue weighted by Crippen LogP contribution is -2.33. The molecule has 0 aromatic heterocycles. The van der Waals surface area contributed by atoms with Crippen LogP contribution in [0.25, 0.3) is 0 Å². The molecule has 0 unspecified atom stereocenters. The number of unbranched alkanes of at least 4 members (excludes halogenated alkanes) is 1. The van der Waals surface area contributed by atoms with Crippen LogP contribution in [0.3, 0.4) is 0 Å². The molecule has 0 radical (unpaired) electrons. The molecule has 0 spiro atoms. The van der Waals surface area contributed by atoms with Crippen molar-refractivity contribution in [3.8, 4) is 0 Å². The van der Waals surface area contributed by atoms with Gasteiger partial charge in [0.05, 0.1) is 0 Å². The Kier molecular flexibility index (Phi) is 4.30. The summed E-state index contributed by atoms with van der Waals surface area (Å²) in [6.07, 6.45) is 5.40. The highest BCUT2D eigenvalue weighted by atomic mass is 28.4. The summed E-state index contributed by atoms with van der Waals surface area (Å²) in [4.78, 5) is 0. The fourth-order valence-electron chi connectivity index (χ4n) is 2.05. The summed E-state index contributed by atoms with van der Waals surface area (Å²) in [5.41, 5.74) is 0. The van der Waals surface area contributed by atoms with Gasteiger partial charge < -0.3 is 4.43 Å². The molecule has 0 atom stereocenters. The molecule has 0 N–H and O–H groups in total. The Balaban J connectivity index is 2.24. The molecular formula is C10H22OSi. The van der Waals surface area contributed by atoms with Crippen molar-refractivity contribution in [2.75, 3.05) is 6.61 Å². The van der Waals surface area contributed by atoms with Crippen LogP contribution in [-0.4, -0.2) is 14.9 Å². The van der Waals surface area contributed by atoms with E-state index < -0.39 is 8.32 Å². The fraction of sp³-hybridized carbons (Fsp3) is 1.00. The SMILES string of the molecule is CCCCO[Si]1(CC)CCCC1. The van der Waals surface area contributed by atoms with Gasteiger partial charge in [0.2, 0.25) is 0 Å². The van der Waals surface area contributed by atoms with Crippen molar-refractivity contribution in [3.63, 3.8) is 0 Å². The van der Waals surface area contributed by atoms with Gasteiger partial charge in [0.1, 0.15) is 0 Å². The lowest BCUT2D eigenvalue weighted by Gasteiger charge is -2.24. The Morgan fingerprint density at radius 2 is 1.83 bits per heavy atom. The Labute approximate surface area is 77.6 Å². The molecule has 0 saturated carbocycles. The topological polar surface area (TPSA) is 9.23 Å². The van der Waals surface area contributed by atoms with Gasteiger partial charge in [-0.1, -0.05) is 33.1 Å². The molecule has 0 bridgehead atoms. The predicted octanol–water partition coefficient (Wildman–Crippen LogP) is 3.56. The largest absolute Gasteiger partial charge is 0.417 e. The molecular weight excluding hydrogens is 164 g/mol. The molecule has 0 aliphatic carbocycles. The van der Waals surface area contributed by atoms with E-state index in [-0.39, 0.29) is 0 Å². The Morgan fingerprint density at radius 1 is 1.17 bits per heavy atom. The van der Waals surface area contributed by atoms with E-state index in [1.165, 1.54) is 43.8 Å². The summed E-state index contributed by atoms with van der Waals surface area (Å²) in [6.45, 7) is 5.60. The maximum Gasteiger partial charge on any atom is 0.192 e. The van der Waals surface area contributed by atoms with Crippen molar-refractivity contribution in [2.45, 2.75) is 57.7 Å². The first-order valence-corrected chi connectivity index (χ1v) is 8.00. The van der Waals surface area contributed by atoms with Gasteiger partial charge in [0.15, 0.2) is 8.32 Å². The van der Waals surface area contributed by atoms with E-state index in [1.807, 2.05) is 0 Å². The quantitative estimate of drug-likeness (QED) is 0.471. The van der Waals surface area contributed by atoms with Crippen LogP contribution >= 0.6 is 0 Å². The second-order valence-electron chi connectivity index (χ2n) is 3.95. The van der Waals surface area contributed by atoms with Crippen LogP contribution in [-0.2, 0) is 4.43 Å². The third-order valence-electron chi connectivity index (χ3n) is 3.07. The second kappa shape index (κ2) is 5.03. The molecule has 1 aliphatic rings. The van der Waals surface area contributed by atoms with E-state index in [1.54, 1.807) is 0 Å². The number of hydrogen-bond donors (Lipinski definition) is 0. The summed E-state index contributed by atoms with van der Waals surface area (Å²) < 4.78 is 6.12. The van der Waals surface area contributed by atoms with Crippen molar-refractivity contribution in [1.29, 1.82) is 0 Å². The first-order chi connectivity index (χ1) is 5.83. The Bertz CT molecular complexity index is 119. The molecule has 1 rings (SSSR count). The van der Waals surface area contributed by atoms with E-state index in [0.29, 0.717) is 0 Å². The van der Waals surface area contributed by atoms with Gasteiger partial charge >= 0.3 is 0 Å². The molecule has 0 amide bonds. The van der Waals surface area contributed by atoms with Crippen molar-refractivity contribution in [3.05, 3.63) is 0 Å². The molecule has 72 valence electrons. The van der Waals surface area contributed by atoms with Crippen LogP contribution < -0.4 is 0 Å². The molecule has 1 fully saturated rings. The molecule has 2 heteroatoms. The molecule has 12 heavy (non-hydrogen) atoms. The van der Waals surface area contributed by atoms with Crippen LogP contribution in [0.2, 0.25) is 18.1 Å². The van der Waals surface area contributed by atoms with Crippen LogP contribution in [0.15, 0.2) is 0 Å². The molecule has 1 aliphatic heterocycles. The highest BCUT2D eigenvalue weighted by Crippen LogP contribution is 2.34. The Hall–Kier alpha value is 0.177. The van der Waals surface area contributed by atoms with Gasteiger partial charge in [0, 0.05) is 6.61 Å². The van der Waals surface area contributed by atoms with E-state index >= 15 is 0 Å². The minimum atomic E-state index is -1.14. The highest BCUT2D eigenvalue weighted by Gasteiger charge is 2.35. The summed E-state index contributed by atoms with van der Waals surface area (Å²) in [5, 5.41) is 0. The van der Waals surface area contributed by atoms with Gasteiger partial charge in [0.25, 0.3) is 0 Å². The van der Waals surface area contributed by atoms with Crippen molar-refractivity contribution < 1.29 is 4.43 Å². The minimum absolute atomic E-state index is 1.04. The van der Waals surface area contributed by atoms with E-state index in [4.69, 9.17) is 4.43 Å². The Morgan fingerprint density at radius 3 is 2.33 bits per heavy atom. The van der Waals surface area contributed by atoms with E-state index in [2.05, 4.69) is 13.8 Å². The zero-order chi connectivity index (χ0) is 8.86. The van der Waals surface area contributed by atoms with Crippen LogP contribution in [0.1, 0.15) is 39.5 Å². The zero-order valence-corrected chi connectivity index (χ0v) is 9.57. The number of hydrogen-bond acceptors (Lipinski definition) is 1. The summed E-state index contributed by atoms with van der Waals surface area (Å²) >= 11 is 0. The maximum atomic E-state index is 6.12. The average molecular weight is 186 g/mol. The summed E-state index contributed by atoms with van der Waals surface area (Å²) in [7, 11) is -1.14. The third-order valence-corrected chi connectivity index (χ3v) is 7.70. The van der Waals surface area contributed by atoms with E-state index in [0.717, 1.165) is 6.61 Å². The van der Waals surface area contributed by atoms with Gasteiger partial charge in [-0.2, -0.15) is 0 Å². The van der Waals surface area contributed by atoms with Gasteiger partial charge in [-0.05, 0) is 24.6 Å². The normalized spacial score (nSPS) is 21.5. The van der Waals surface area contributed by atoms with Crippen LogP contribution in [0.4, 0.5) is 0 Å². The van der Waals surface area contributed by atoms with Crippen molar-refractivity contribution >= 4 is 8.32 Å². The summed E-state index contributed by atoms with van der Waals surface area (Å²) in [6, 6.07) is 4.22.